The summed E-state index contributed by atoms with van der Waals surface area (Å²) < 4.78 is 0. The molecule has 2 N–H and O–H groups in total. The monoisotopic (exact) mass is 282 g/mol. The zero-order chi connectivity index (χ0) is 14.3. The Morgan fingerprint density at radius 3 is 2.53 bits per heavy atom. The Morgan fingerprint density at radius 1 is 1.26 bits per heavy atom. The number of hydrogen-bond acceptors (Lipinski definition) is 2. The molecule has 0 spiro atoms. The van der Waals surface area contributed by atoms with Crippen LogP contribution in [0.5, 0.6) is 0 Å². The van der Waals surface area contributed by atoms with Crippen molar-refractivity contribution < 1.29 is 9.59 Å². The number of carbonyl (C=O) groups is 2. The second-order valence-corrected chi connectivity index (χ2v) is 4.71. The van der Waals surface area contributed by atoms with Crippen LogP contribution < -0.4 is 10.6 Å². The highest BCUT2D eigenvalue weighted by Gasteiger charge is 2.10. The van der Waals surface area contributed by atoms with Crippen molar-refractivity contribution in [3.63, 3.8) is 0 Å². The van der Waals surface area contributed by atoms with Gasteiger partial charge in [0.1, 0.15) is 0 Å². The predicted octanol–water partition coefficient (Wildman–Crippen LogP) is 2.37. The molecule has 0 unspecified atom stereocenters. The van der Waals surface area contributed by atoms with E-state index < -0.39 is 0 Å². The van der Waals surface area contributed by atoms with Gasteiger partial charge in [-0.3, -0.25) is 9.59 Å². The summed E-state index contributed by atoms with van der Waals surface area (Å²) in [5, 5.41) is 5.92. The van der Waals surface area contributed by atoms with Crippen molar-refractivity contribution in [1.82, 2.24) is 10.6 Å². The molecule has 5 heteroatoms. The van der Waals surface area contributed by atoms with Crippen LogP contribution in [0.1, 0.15) is 37.0 Å². The van der Waals surface area contributed by atoms with Crippen molar-refractivity contribution in [3.8, 4) is 0 Å². The summed E-state index contributed by atoms with van der Waals surface area (Å²) in [7, 11) is 0. The molecule has 0 radical (unpaired) electrons. The minimum Gasteiger partial charge on any atom is -0.352 e. The molecule has 1 aromatic rings. The molecule has 2 amide bonds. The molecule has 0 heterocycles. The Morgan fingerprint density at radius 2 is 1.95 bits per heavy atom. The standard InChI is InChI=1S/C14H19ClN2O2/c1-3-12(4-2)17-13(18)9-16-14(19)10-6-5-7-11(15)8-10/h5-8,12H,3-4,9H2,1-2H3,(H,16,19)(H,17,18). The van der Waals surface area contributed by atoms with Gasteiger partial charge in [-0.1, -0.05) is 31.5 Å². The average Bonchev–Trinajstić information content (AvgIpc) is 2.42. The Balaban J connectivity index is 2.44. The Kier molecular flexibility index (Phi) is 6.36. The van der Waals surface area contributed by atoms with E-state index >= 15 is 0 Å². The van der Waals surface area contributed by atoms with Crippen LogP contribution in [-0.4, -0.2) is 24.4 Å². The smallest absolute Gasteiger partial charge is 0.251 e. The molecule has 1 rings (SSSR count). The van der Waals surface area contributed by atoms with E-state index in [2.05, 4.69) is 10.6 Å². The molecule has 1 aromatic carbocycles. The van der Waals surface area contributed by atoms with Crippen molar-refractivity contribution >= 4 is 23.4 Å². The maximum absolute atomic E-state index is 11.8. The Hall–Kier alpha value is -1.55. The highest BCUT2D eigenvalue weighted by Crippen LogP contribution is 2.10. The van der Waals surface area contributed by atoms with Crippen LogP contribution in [0.3, 0.4) is 0 Å². The lowest BCUT2D eigenvalue weighted by Crippen LogP contribution is -2.41. The number of benzene rings is 1. The van der Waals surface area contributed by atoms with E-state index in [0.29, 0.717) is 10.6 Å². The predicted molar refractivity (Wildman–Crippen MR) is 76.3 cm³/mol. The summed E-state index contributed by atoms with van der Waals surface area (Å²) in [6, 6.07) is 6.77. The highest BCUT2D eigenvalue weighted by atomic mass is 35.5. The molecular formula is C14H19ClN2O2. The summed E-state index contributed by atoms with van der Waals surface area (Å²) in [5.41, 5.74) is 0.447. The summed E-state index contributed by atoms with van der Waals surface area (Å²) in [6.07, 6.45) is 1.76. The van der Waals surface area contributed by atoms with Gasteiger partial charge < -0.3 is 10.6 Å². The molecule has 0 bridgehead atoms. The lowest BCUT2D eigenvalue weighted by molar-refractivity contribution is -0.120. The largest absolute Gasteiger partial charge is 0.352 e. The van der Waals surface area contributed by atoms with Crippen molar-refractivity contribution in [2.24, 2.45) is 0 Å². The topological polar surface area (TPSA) is 58.2 Å². The van der Waals surface area contributed by atoms with E-state index in [1.54, 1.807) is 24.3 Å². The Labute approximate surface area is 118 Å². The van der Waals surface area contributed by atoms with Gasteiger partial charge in [0.05, 0.1) is 6.54 Å². The van der Waals surface area contributed by atoms with Crippen LogP contribution in [-0.2, 0) is 4.79 Å². The van der Waals surface area contributed by atoms with Crippen LogP contribution in [0, 0.1) is 0 Å². The highest BCUT2D eigenvalue weighted by molar-refractivity contribution is 6.30. The summed E-state index contributed by atoms with van der Waals surface area (Å²) in [5.74, 6) is -0.480. The lowest BCUT2D eigenvalue weighted by Gasteiger charge is -2.14. The van der Waals surface area contributed by atoms with Gasteiger partial charge >= 0.3 is 0 Å². The van der Waals surface area contributed by atoms with Crippen molar-refractivity contribution in [3.05, 3.63) is 34.9 Å². The third kappa shape index (κ3) is 5.30. The molecule has 0 aromatic heterocycles. The van der Waals surface area contributed by atoms with Crippen LogP contribution in [0.15, 0.2) is 24.3 Å². The van der Waals surface area contributed by atoms with Gasteiger partial charge in [-0.05, 0) is 31.0 Å². The van der Waals surface area contributed by atoms with Gasteiger partial charge in [0, 0.05) is 16.6 Å². The van der Waals surface area contributed by atoms with Gasteiger partial charge in [-0.2, -0.15) is 0 Å². The fourth-order valence-corrected chi connectivity index (χ4v) is 1.85. The van der Waals surface area contributed by atoms with Crippen LogP contribution in [0.4, 0.5) is 0 Å². The second-order valence-electron chi connectivity index (χ2n) is 4.27. The normalized spacial score (nSPS) is 10.3. The number of amides is 2. The summed E-state index contributed by atoms with van der Waals surface area (Å²) in [6.45, 7) is 4.00. The zero-order valence-corrected chi connectivity index (χ0v) is 12.0. The minimum absolute atomic E-state index is 0.0259. The first-order valence-electron chi connectivity index (χ1n) is 6.40. The molecule has 0 aliphatic heterocycles. The third-order valence-electron chi connectivity index (χ3n) is 2.85. The SMILES string of the molecule is CCC(CC)NC(=O)CNC(=O)c1cccc(Cl)c1. The number of rotatable bonds is 6. The van der Waals surface area contributed by atoms with E-state index in [1.165, 1.54) is 0 Å². The molecule has 104 valence electrons. The van der Waals surface area contributed by atoms with Gasteiger partial charge in [0.15, 0.2) is 0 Å². The molecule has 0 atom stereocenters. The van der Waals surface area contributed by atoms with E-state index in [0.717, 1.165) is 12.8 Å². The summed E-state index contributed by atoms with van der Waals surface area (Å²) in [4.78, 5) is 23.4. The number of halogens is 1. The third-order valence-corrected chi connectivity index (χ3v) is 3.08. The van der Waals surface area contributed by atoms with Gasteiger partial charge in [0.25, 0.3) is 5.91 Å². The molecule has 0 saturated carbocycles. The van der Waals surface area contributed by atoms with Crippen LogP contribution >= 0.6 is 11.6 Å². The molecule has 0 fully saturated rings. The maximum atomic E-state index is 11.8. The molecule has 19 heavy (non-hydrogen) atoms. The van der Waals surface area contributed by atoms with Crippen molar-refractivity contribution in [2.45, 2.75) is 32.7 Å². The zero-order valence-electron chi connectivity index (χ0n) is 11.2. The van der Waals surface area contributed by atoms with Crippen LogP contribution in [0.25, 0.3) is 0 Å². The van der Waals surface area contributed by atoms with Gasteiger partial charge in [-0.25, -0.2) is 0 Å². The quantitative estimate of drug-likeness (QED) is 0.842. The average molecular weight is 283 g/mol. The first-order chi connectivity index (χ1) is 9.06. The van der Waals surface area contributed by atoms with Crippen molar-refractivity contribution in [2.75, 3.05) is 6.54 Å². The van der Waals surface area contributed by atoms with Crippen LogP contribution in [0.2, 0.25) is 5.02 Å². The minimum atomic E-state index is -0.304. The Bertz CT molecular complexity index is 445. The fraction of sp³-hybridized carbons (Fsp3) is 0.429. The van der Waals surface area contributed by atoms with E-state index in [1.807, 2.05) is 13.8 Å². The molecule has 0 saturated heterocycles. The van der Waals surface area contributed by atoms with Gasteiger partial charge in [-0.15, -0.1) is 0 Å². The molecule has 0 aliphatic rings. The molecule has 0 aliphatic carbocycles. The van der Waals surface area contributed by atoms with E-state index in [9.17, 15) is 9.59 Å². The second kappa shape index (κ2) is 7.79. The maximum Gasteiger partial charge on any atom is 0.251 e. The summed E-state index contributed by atoms with van der Waals surface area (Å²) >= 11 is 5.80. The number of hydrogen-bond donors (Lipinski definition) is 2. The molecule has 4 nitrogen and oxygen atoms in total. The first-order valence-corrected chi connectivity index (χ1v) is 6.77. The number of carbonyl (C=O) groups excluding carboxylic acids is 2. The molecular weight excluding hydrogens is 264 g/mol. The van der Waals surface area contributed by atoms with Gasteiger partial charge in [0.2, 0.25) is 5.91 Å². The lowest BCUT2D eigenvalue weighted by atomic mass is 10.2. The van der Waals surface area contributed by atoms with E-state index in [4.69, 9.17) is 11.6 Å². The van der Waals surface area contributed by atoms with Crippen molar-refractivity contribution in [1.29, 1.82) is 0 Å². The number of nitrogens with one attached hydrogen (secondary N) is 2. The van der Waals surface area contributed by atoms with E-state index in [-0.39, 0.29) is 24.4 Å². The fourth-order valence-electron chi connectivity index (χ4n) is 1.66. The first kappa shape index (κ1) is 15.5.